The third-order valence-electron chi connectivity index (χ3n) is 1.95. The molecule has 0 N–H and O–H groups in total. The highest BCUT2D eigenvalue weighted by atomic mass is 32.1. The molecule has 1 rings (SSSR count). The van der Waals surface area contributed by atoms with E-state index in [-0.39, 0.29) is 5.78 Å². The summed E-state index contributed by atoms with van der Waals surface area (Å²) in [5.41, 5.74) is 2.28. The van der Waals surface area contributed by atoms with E-state index in [0.717, 1.165) is 11.3 Å². The second kappa shape index (κ2) is 5.35. The Balaban J connectivity index is 2.76. The predicted molar refractivity (Wildman–Crippen MR) is 64.7 cm³/mol. The van der Waals surface area contributed by atoms with Crippen LogP contribution < -0.4 is 0 Å². The lowest BCUT2D eigenvalue weighted by Gasteiger charge is -2.00. The Morgan fingerprint density at radius 3 is 2.53 bits per heavy atom. The summed E-state index contributed by atoms with van der Waals surface area (Å²) in [5, 5.41) is 2.29. The van der Waals surface area contributed by atoms with Crippen molar-refractivity contribution in [3.63, 3.8) is 0 Å². The van der Waals surface area contributed by atoms with Crippen LogP contribution >= 0.6 is 12.2 Å². The first-order valence-corrected chi connectivity index (χ1v) is 4.90. The van der Waals surface area contributed by atoms with Gasteiger partial charge in [0.1, 0.15) is 0 Å². The van der Waals surface area contributed by atoms with Gasteiger partial charge in [0.2, 0.25) is 0 Å². The molecule has 0 amide bonds. The number of hydrogen-bond donors (Lipinski definition) is 0. The van der Waals surface area contributed by atoms with E-state index in [9.17, 15) is 4.79 Å². The van der Waals surface area contributed by atoms with Gasteiger partial charge in [-0.3, -0.25) is 4.79 Å². The summed E-state index contributed by atoms with van der Waals surface area (Å²) in [5.74, 6) is 0.0566. The van der Waals surface area contributed by atoms with Crippen molar-refractivity contribution < 1.29 is 4.79 Å². The lowest BCUT2D eigenvalue weighted by Crippen LogP contribution is -2.02. The maximum Gasteiger partial charge on any atom is 0.162 e. The predicted octanol–water partition coefficient (Wildman–Crippen LogP) is 3.11. The highest BCUT2D eigenvalue weighted by Crippen LogP contribution is 2.13. The Morgan fingerprint density at radius 1 is 1.47 bits per heavy atom. The van der Waals surface area contributed by atoms with Crippen LogP contribution in [0, 0.1) is 0 Å². The maximum absolute atomic E-state index is 11.4. The molecule has 1 aromatic carbocycles. The summed E-state index contributed by atoms with van der Waals surface area (Å²) in [4.78, 5) is 15.2. The van der Waals surface area contributed by atoms with Crippen LogP contribution in [0.1, 0.15) is 12.5 Å². The van der Waals surface area contributed by atoms with Crippen molar-refractivity contribution >= 4 is 28.8 Å². The number of rotatable bonds is 4. The van der Waals surface area contributed by atoms with Gasteiger partial charge in [-0.2, -0.15) is 4.99 Å². The maximum atomic E-state index is 11.4. The number of hydrogen-bond acceptors (Lipinski definition) is 3. The molecule has 15 heavy (non-hydrogen) atoms. The lowest BCUT2D eigenvalue weighted by atomic mass is 10.1. The van der Waals surface area contributed by atoms with Crippen molar-refractivity contribution in [3.8, 4) is 0 Å². The van der Waals surface area contributed by atoms with Crippen LogP contribution in [-0.4, -0.2) is 10.9 Å². The van der Waals surface area contributed by atoms with Gasteiger partial charge >= 0.3 is 0 Å². The summed E-state index contributed by atoms with van der Waals surface area (Å²) in [6, 6.07) is 7.32. The number of aliphatic imine (C=N–C) groups is 1. The molecular formula is C12H11NOS. The smallest absolute Gasteiger partial charge is 0.162 e. The van der Waals surface area contributed by atoms with Gasteiger partial charge in [-0.25, -0.2) is 0 Å². The minimum Gasteiger partial charge on any atom is -0.294 e. The monoisotopic (exact) mass is 217 g/mol. The molecule has 0 heterocycles. The number of isothiocyanates is 1. The van der Waals surface area contributed by atoms with Crippen molar-refractivity contribution in [1.82, 2.24) is 0 Å². The molecule has 0 aliphatic carbocycles. The number of carbonyl (C=O) groups is 1. The number of benzene rings is 1. The van der Waals surface area contributed by atoms with Crippen LogP contribution in [0.15, 0.2) is 41.4 Å². The molecule has 0 spiro atoms. The van der Waals surface area contributed by atoms with Crippen molar-refractivity contribution in [1.29, 1.82) is 0 Å². The summed E-state index contributed by atoms with van der Waals surface area (Å²) < 4.78 is 0. The third-order valence-corrected chi connectivity index (χ3v) is 2.04. The molecule has 3 heteroatoms. The average Bonchev–Trinajstić information content (AvgIpc) is 2.21. The van der Waals surface area contributed by atoms with Gasteiger partial charge in [0.25, 0.3) is 0 Å². The van der Waals surface area contributed by atoms with Crippen LogP contribution in [0.3, 0.4) is 0 Å². The number of thiocarbonyl (C=S) groups is 1. The van der Waals surface area contributed by atoms with Crippen LogP contribution in [-0.2, 0) is 11.2 Å². The highest BCUT2D eigenvalue weighted by molar-refractivity contribution is 7.78. The first-order chi connectivity index (χ1) is 7.13. The van der Waals surface area contributed by atoms with Gasteiger partial charge in [0.15, 0.2) is 5.78 Å². The molecule has 0 fully saturated rings. The molecule has 0 bridgehead atoms. The lowest BCUT2D eigenvalue weighted by molar-refractivity contribution is -0.114. The average molecular weight is 217 g/mol. The summed E-state index contributed by atoms with van der Waals surface area (Å²) in [6.45, 7) is 5.32. The van der Waals surface area contributed by atoms with Gasteiger partial charge in [-0.15, -0.1) is 0 Å². The zero-order valence-electron chi connectivity index (χ0n) is 8.49. The molecule has 0 saturated carbocycles. The summed E-state index contributed by atoms with van der Waals surface area (Å²) in [6.07, 6.45) is 0.386. The largest absolute Gasteiger partial charge is 0.294 e. The van der Waals surface area contributed by atoms with Crippen LogP contribution in [0.2, 0.25) is 0 Å². The Labute approximate surface area is 94.3 Å². The van der Waals surface area contributed by atoms with Gasteiger partial charge < -0.3 is 0 Å². The fraction of sp³-hybridized carbons (Fsp3) is 0.167. The second-order valence-corrected chi connectivity index (χ2v) is 3.43. The van der Waals surface area contributed by atoms with E-state index >= 15 is 0 Å². The highest BCUT2D eigenvalue weighted by Gasteiger charge is 2.03. The normalized spacial score (nSPS) is 9.13. The number of allylic oxidation sites excluding steroid dienone is 1. The third kappa shape index (κ3) is 3.58. The fourth-order valence-corrected chi connectivity index (χ4v) is 1.18. The Kier molecular flexibility index (Phi) is 4.10. The number of Topliss-reactive ketones (excluding diaryl/α,β-unsaturated/α-hetero) is 1. The Morgan fingerprint density at radius 2 is 2.07 bits per heavy atom. The molecule has 0 aliphatic rings. The SMILES string of the molecule is C=C(C)C(=O)Cc1ccc(N=C=S)cc1. The van der Waals surface area contributed by atoms with E-state index in [2.05, 4.69) is 29.0 Å². The van der Waals surface area contributed by atoms with Crippen LogP contribution in [0.5, 0.6) is 0 Å². The second-order valence-electron chi connectivity index (χ2n) is 3.25. The number of ketones is 1. The fourth-order valence-electron chi connectivity index (χ4n) is 1.08. The Hall–Kier alpha value is -1.57. The number of nitrogens with zero attached hydrogens (tertiary/aromatic N) is 1. The van der Waals surface area contributed by atoms with E-state index in [1.54, 1.807) is 19.1 Å². The Bertz CT molecular complexity index is 427. The zero-order chi connectivity index (χ0) is 11.3. The van der Waals surface area contributed by atoms with E-state index in [1.807, 2.05) is 12.1 Å². The van der Waals surface area contributed by atoms with Crippen molar-refractivity contribution in [3.05, 3.63) is 42.0 Å². The molecule has 0 atom stereocenters. The molecule has 0 aliphatic heterocycles. The molecule has 0 radical (unpaired) electrons. The molecule has 2 nitrogen and oxygen atoms in total. The quantitative estimate of drug-likeness (QED) is 0.440. The van der Waals surface area contributed by atoms with E-state index in [4.69, 9.17) is 0 Å². The van der Waals surface area contributed by atoms with E-state index in [0.29, 0.717) is 12.0 Å². The van der Waals surface area contributed by atoms with Crippen LogP contribution in [0.4, 0.5) is 5.69 Å². The van der Waals surface area contributed by atoms with E-state index in [1.165, 1.54) is 0 Å². The molecule has 0 aromatic heterocycles. The molecule has 0 saturated heterocycles. The summed E-state index contributed by atoms with van der Waals surface area (Å²) in [7, 11) is 0. The van der Waals surface area contributed by atoms with Gasteiger partial charge in [0, 0.05) is 6.42 Å². The molecule has 0 unspecified atom stereocenters. The molecule has 76 valence electrons. The van der Waals surface area contributed by atoms with Gasteiger partial charge in [-0.1, -0.05) is 18.7 Å². The minimum atomic E-state index is 0.0566. The molecule has 1 aromatic rings. The first kappa shape index (κ1) is 11.5. The van der Waals surface area contributed by atoms with Gasteiger partial charge in [-0.05, 0) is 42.4 Å². The van der Waals surface area contributed by atoms with Crippen molar-refractivity contribution in [2.24, 2.45) is 4.99 Å². The van der Waals surface area contributed by atoms with Crippen molar-refractivity contribution in [2.75, 3.05) is 0 Å². The van der Waals surface area contributed by atoms with Crippen molar-refractivity contribution in [2.45, 2.75) is 13.3 Å². The standard InChI is InChI=1S/C12H11NOS/c1-9(2)12(14)7-10-3-5-11(6-4-10)13-8-15/h3-6H,1,7H2,2H3. The zero-order valence-corrected chi connectivity index (χ0v) is 9.30. The topological polar surface area (TPSA) is 29.4 Å². The first-order valence-electron chi connectivity index (χ1n) is 4.49. The minimum absolute atomic E-state index is 0.0566. The van der Waals surface area contributed by atoms with Crippen LogP contribution in [0.25, 0.3) is 0 Å². The van der Waals surface area contributed by atoms with Gasteiger partial charge in [0.05, 0.1) is 10.8 Å². The molecular weight excluding hydrogens is 206 g/mol. The number of carbonyl (C=O) groups excluding carboxylic acids is 1. The summed E-state index contributed by atoms with van der Waals surface area (Å²) >= 11 is 4.49. The van der Waals surface area contributed by atoms with E-state index < -0.39 is 0 Å².